The summed E-state index contributed by atoms with van der Waals surface area (Å²) in [6, 6.07) is 14.4. The van der Waals surface area contributed by atoms with Crippen molar-refractivity contribution in [3.8, 4) is 5.69 Å². The van der Waals surface area contributed by atoms with Crippen molar-refractivity contribution in [3.63, 3.8) is 0 Å². The minimum Gasteiger partial charge on any atom is -0.444 e. The summed E-state index contributed by atoms with van der Waals surface area (Å²) in [5.74, 6) is 0.0660. The van der Waals surface area contributed by atoms with Crippen molar-refractivity contribution in [1.29, 1.82) is 0 Å². The minimum atomic E-state index is -0.643. The van der Waals surface area contributed by atoms with Gasteiger partial charge in [-0.2, -0.15) is 10.2 Å². The summed E-state index contributed by atoms with van der Waals surface area (Å²) in [4.78, 5) is 35.9. The Morgan fingerprint density at radius 3 is 2.53 bits per heavy atom. The van der Waals surface area contributed by atoms with E-state index < -0.39 is 17.6 Å². The highest BCUT2D eigenvalue weighted by molar-refractivity contribution is 5.98. The van der Waals surface area contributed by atoms with Crippen molar-refractivity contribution < 1.29 is 19.1 Å². The van der Waals surface area contributed by atoms with E-state index in [1.54, 1.807) is 30.7 Å². The second kappa shape index (κ2) is 13.7. The lowest BCUT2D eigenvalue weighted by molar-refractivity contribution is -0.00332. The van der Waals surface area contributed by atoms with E-state index in [4.69, 9.17) is 20.2 Å². The second-order valence-corrected chi connectivity index (χ2v) is 11.9. The van der Waals surface area contributed by atoms with E-state index in [0.717, 1.165) is 24.1 Å². The predicted octanol–water partition coefficient (Wildman–Crippen LogP) is 4.65. The highest BCUT2D eigenvalue weighted by Gasteiger charge is 2.36. The standard InChI is InChI=1S/C32H39N9O4/c1-20-25(41-35-15-16-36-41)17-22(18-34-20)37-30-23(29(33)42)13-14-27(40-30)39-28-24(38-31(43)45-32(2,3)4)11-8-12-26(28)44-19-21-9-6-5-7-10-21/h5-7,9-10,13-18,24,26,28H,8,11-12,19H2,1-4H3,(H2,33,42)(H,38,43)(H2,37,39,40)/t24-,26-,28-/m0/s1. The maximum atomic E-state index is 12.8. The molecule has 3 heterocycles. The SMILES string of the molecule is Cc1ncc(Nc2nc(N[C@H]3[C@@H](NC(=O)OC(C)(C)C)CCC[C@@H]3OCc3ccccc3)ccc2C(N)=O)cc1-n1nccn1. The highest BCUT2D eigenvalue weighted by atomic mass is 16.6. The van der Waals surface area contributed by atoms with E-state index in [9.17, 15) is 9.59 Å². The number of benzene rings is 1. The van der Waals surface area contributed by atoms with Gasteiger partial charge in [0.05, 0.1) is 60.3 Å². The van der Waals surface area contributed by atoms with E-state index in [-0.39, 0.29) is 29.6 Å². The number of primary amides is 1. The molecule has 45 heavy (non-hydrogen) atoms. The van der Waals surface area contributed by atoms with Crippen LogP contribution >= 0.6 is 0 Å². The summed E-state index contributed by atoms with van der Waals surface area (Å²) >= 11 is 0. The second-order valence-electron chi connectivity index (χ2n) is 11.9. The van der Waals surface area contributed by atoms with Crippen LogP contribution in [0, 0.1) is 6.92 Å². The predicted molar refractivity (Wildman–Crippen MR) is 169 cm³/mol. The van der Waals surface area contributed by atoms with Crippen molar-refractivity contribution in [3.05, 3.63) is 83.9 Å². The number of pyridine rings is 2. The Balaban J connectivity index is 1.42. The van der Waals surface area contributed by atoms with Crippen molar-refractivity contribution in [2.45, 2.75) is 77.4 Å². The lowest BCUT2D eigenvalue weighted by atomic mass is 9.87. The fraction of sp³-hybridized carbons (Fsp3) is 0.375. The number of amides is 2. The van der Waals surface area contributed by atoms with Crippen LogP contribution in [0.5, 0.6) is 0 Å². The molecule has 2 amide bonds. The molecule has 5 N–H and O–H groups in total. The van der Waals surface area contributed by atoms with E-state index in [1.165, 1.54) is 4.80 Å². The van der Waals surface area contributed by atoms with Gasteiger partial charge in [-0.25, -0.2) is 9.78 Å². The molecule has 5 rings (SSSR count). The monoisotopic (exact) mass is 613 g/mol. The van der Waals surface area contributed by atoms with Gasteiger partial charge in [0.25, 0.3) is 5.91 Å². The fourth-order valence-corrected chi connectivity index (χ4v) is 5.21. The van der Waals surface area contributed by atoms with Crippen LogP contribution in [0.1, 0.15) is 61.6 Å². The van der Waals surface area contributed by atoms with Crippen molar-refractivity contribution in [1.82, 2.24) is 30.3 Å². The van der Waals surface area contributed by atoms with Crippen LogP contribution in [0.2, 0.25) is 0 Å². The van der Waals surface area contributed by atoms with E-state index in [1.807, 2.05) is 64.1 Å². The van der Waals surface area contributed by atoms with Crippen LogP contribution < -0.4 is 21.7 Å². The number of aryl methyl sites for hydroxylation is 1. The summed E-state index contributed by atoms with van der Waals surface area (Å²) in [6.07, 6.45) is 6.38. The van der Waals surface area contributed by atoms with Gasteiger partial charge < -0.3 is 31.2 Å². The lowest BCUT2D eigenvalue weighted by Gasteiger charge is -2.39. The molecular weight excluding hydrogens is 574 g/mol. The zero-order valence-corrected chi connectivity index (χ0v) is 25.9. The number of nitrogens with one attached hydrogen (secondary N) is 3. The maximum absolute atomic E-state index is 12.8. The Kier molecular flexibility index (Phi) is 9.57. The largest absolute Gasteiger partial charge is 0.444 e. The maximum Gasteiger partial charge on any atom is 0.407 e. The number of carbonyl (C=O) groups excluding carboxylic acids is 2. The van der Waals surface area contributed by atoms with Crippen molar-refractivity contribution in [2.24, 2.45) is 5.73 Å². The van der Waals surface area contributed by atoms with Crippen molar-refractivity contribution in [2.75, 3.05) is 10.6 Å². The summed E-state index contributed by atoms with van der Waals surface area (Å²) in [5.41, 5.74) is 8.26. The topological polar surface area (TPSA) is 171 Å². The zero-order chi connectivity index (χ0) is 32.0. The number of aromatic nitrogens is 5. The molecule has 236 valence electrons. The van der Waals surface area contributed by atoms with Gasteiger partial charge in [-0.05, 0) is 70.7 Å². The molecule has 4 aromatic rings. The van der Waals surface area contributed by atoms with Gasteiger partial charge in [0.15, 0.2) is 0 Å². The van der Waals surface area contributed by atoms with Gasteiger partial charge in [-0.1, -0.05) is 30.3 Å². The van der Waals surface area contributed by atoms with Gasteiger partial charge in [0.2, 0.25) is 0 Å². The molecule has 3 atom stereocenters. The zero-order valence-electron chi connectivity index (χ0n) is 25.9. The van der Waals surface area contributed by atoms with Gasteiger partial charge in [-0.15, -0.1) is 4.80 Å². The van der Waals surface area contributed by atoms with Crippen molar-refractivity contribution >= 4 is 29.3 Å². The van der Waals surface area contributed by atoms with Gasteiger partial charge in [0, 0.05) is 0 Å². The highest BCUT2D eigenvalue weighted by Crippen LogP contribution is 2.28. The van der Waals surface area contributed by atoms with Gasteiger partial charge in [0.1, 0.15) is 22.9 Å². The summed E-state index contributed by atoms with van der Waals surface area (Å²) < 4.78 is 12.0. The van der Waals surface area contributed by atoms with Crippen LogP contribution in [0.3, 0.4) is 0 Å². The number of hydrogen-bond acceptors (Lipinski definition) is 10. The van der Waals surface area contributed by atoms with Gasteiger partial charge >= 0.3 is 6.09 Å². The van der Waals surface area contributed by atoms with Crippen LogP contribution in [-0.2, 0) is 16.1 Å². The Hall–Kier alpha value is -5.04. The summed E-state index contributed by atoms with van der Waals surface area (Å²) in [5, 5.41) is 18.1. The minimum absolute atomic E-state index is 0.198. The van der Waals surface area contributed by atoms with Crippen LogP contribution in [0.15, 0.2) is 67.1 Å². The average Bonchev–Trinajstić information content (AvgIpc) is 3.53. The molecule has 1 aliphatic carbocycles. The smallest absolute Gasteiger partial charge is 0.407 e. The van der Waals surface area contributed by atoms with E-state index in [2.05, 4.69) is 31.1 Å². The molecule has 0 saturated heterocycles. The Morgan fingerprint density at radius 1 is 1.07 bits per heavy atom. The lowest BCUT2D eigenvalue weighted by Crippen LogP contribution is -2.56. The number of alkyl carbamates (subject to hydrolysis) is 1. The quantitative estimate of drug-likeness (QED) is 0.197. The number of rotatable bonds is 10. The molecule has 1 aromatic carbocycles. The first kappa shape index (κ1) is 31.4. The molecular formula is C32H39N9O4. The Morgan fingerprint density at radius 2 is 1.82 bits per heavy atom. The summed E-state index contributed by atoms with van der Waals surface area (Å²) in [7, 11) is 0. The number of anilines is 3. The number of carbonyl (C=O) groups is 2. The molecule has 13 nitrogen and oxygen atoms in total. The average molecular weight is 614 g/mol. The number of nitrogens with zero attached hydrogens (tertiary/aromatic N) is 5. The molecule has 13 heteroatoms. The third-order valence-electron chi connectivity index (χ3n) is 7.28. The number of ether oxygens (including phenoxy) is 2. The van der Waals surface area contributed by atoms with Crippen LogP contribution in [0.25, 0.3) is 5.69 Å². The van der Waals surface area contributed by atoms with Crippen LogP contribution in [0.4, 0.5) is 22.1 Å². The summed E-state index contributed by atoms with van der Waals surface area (Å²) in [6.45, 7) is 7.74. The normalized spacial score (nSPS) is 18.2. The third kappa shape index (κ3) is 8.32. The third-order valence-corrected chi connectivity index (χ3v) is 7.28. The molecule has 1 fully saturated rings. The molecule has 0 bridgehead atoms. The number of hydrogen-bond donors (Lipinski definition) is 4. The fourth-order valence-electron chi connectivity index (χ4n) is 5.21. The first-order valence-electron chi connectivity index (χ1n) is 14.9. The number of nitrogens with two attached hydrogens (primary N) is 1. The first-order chi connectivity index (χ1) is 21.6. The Labute approximate surface area is 261 Å². The van der Waals surface area contributed by atoms with Crippen LogP contribution in [-0.4, -0.2) is 60.8 Å². The molecule has 0 unspecified atom stereocenters. The van der Waals surface area contributed by atoms with Gasteiger partial charge in [-0.3, -0.25) is 9.78 Å². The Bertz CT molecular complexity index is 1610. The van der Waals surface area contributed by atoms with E-state index >= 15 is 0 Å². The molecule has 0 radical (unpaired) electrons. The molecule has 3 aromatic heterocycles. The molecule has 1 aliphatic rings. The molecule has 0 spiro atoms. The molecule has 0 aliphatic heterocycles. The molecule has 1 saturated carbocycles. The van der Waals surface area contributed by atoms with E-state index in [0.29, 0.717) is 30.2 Å². The first-order valence-corrected chi connectivity index (χ1v) is 14.9.